The quantitative estimate of drug-likeness (QED) is 0.655. The van der Waals surface area contributed by atoms with Crippen LogP contribution in [0.3, 0.4) is 0 Å². The van der Waals surface area contributed by atoms with E-state index in [4.69, 9.17) is 11.6 Å². The Morgan fingerprint density at radius 2 is 1.82 bits per heavy atom. The standard InChI is InChI=1S/C22H27ClN2O2S/c1-4-20(22(27)24-3)25(13-17-11-9-16(2)10-12-17)21(26)15-28-14-18-7-5-6-8-19(18)23/h5-12,20H,4,13-15H2,1-3H3,(H,24,27)/t20-/m1/s1. The largest absolute Gasteiger partial charge is 0.357 e. The number of carbonyl (C=O) groups excluding carboxylic acids is 2. The molecule has 0 unspecified atom stereocenters. The van der Waals surface area contributed by atoms with Crippen molar-refractivity contribution < 1.29 is 9.59 Å². The summed E-state index contributed by atoms with van der Waals surface area (Å²) in [5.41, 5.74) is 3.18. The highest BCUT2D eigenvalue weighted by Crippen LogP contribution is 2.22. The van der Waals surface area contributed by atoms with Gasteiger partial charge in [-0.25, -0.2) is 0 Å². The molecule has 0 aliphatic heterocycles. The number of hydrogen-bond acceptors (Lipinski definition) is 3. The first-order valence-electron chi connectivity index (χ1n) is 9.34. The van der Waals surface area contributed by atoms with Gasteiger partial charge in [-0.1, -0.05) is 66.6 Å². The molecule has 2 aromatic carbocycles. The number of nitrogens with one attached hydrogen (secondary N) is 1. The molecule has 0 saturated heterocycles. The van der Waals surface area contributed by atoms with Gasteiger partial charge in [-0.3, -0.25) is 9.59 Å². The van der Waals surface area contributed by atoms with Gasteiger partial charge in [-0.2, -0.15) is 0 Å². The zero-order valence-corrected chi connectivity index (χ0v) is 18.1. The third-order valence-electron chi connectivity index (χ3n) is 4.55. The van der Waals surface area contributed by atoms with Crippen molar-refractivity contribution in [3.05, 3.63) is 70.2 Å². The number of likely N-dealkylation sites (N-methyl/N-ethyl adjacent to an activating group) is 1. The summed E-state index contributed by atoms with van der Waals surface area (Å²) in [7, 11) is 1.60. The molecule has 2 rings (SSSR count). The lowest BCUT2D eigenvalue weighted by molar-refractivity contribution is -0.139. The first kappa shape index (κ1) is 22.3. The van der Waals surface area contributed by atoms with Crippen molar-refractivity contribution in [1.82, 2.24) is 10.2 Å². The fraction of sp³-hybridized carbons (Fsp3) is 0.364. The van der Waals surface area contributed by atoms with Crippen LogP contribution in [0.1, 0.15) is 30.0 Å². The Hall–Kier alpha value is -1.98. The lowest BCUT2D eigenvalue weighted by atomic mass is 10.1. The molecule has 0 bridgehead atoms. The van der Waals surface area contributed by atoms with Gasteiger partial charge in [0.05, 0.1) is 5.75 Å². The smallest absolute Gasteiger partial charge is 0.242 e. The first-order valence-corrected chi connectivity index (χ1v) is 10.9. The Bertz CT molecular complexity index is 795. The Morgan fingerprint density at radius 3 is 2.43 bits per heavy atom. The van der Waals surface area contributed by atoms with Crippen LogP contribution in [0.15, 0.2) is 48.5 Å². The fourth-order valence-electron chi connectivity index (χ4n) is 2.92. The van der Waals surface area contributed by atoms with Crippen LogP contribution >= 0.6 is 23.4 Å². The fourth-order valence-corrected chi connectivity index (χ4v) is 4.12. The Balaban J connectivity index is 2.10. The van der Waals surface area contributed by atoms with E-state index in [1.54, 1.807) is 11.9 Å². The average molecular weight is 419 g/mol. The molecule has 0 aromatic heterocycles. The molecular weight excluding hydrogens is 392 g/mol. The summed E-state index contributed by atoms with van der Waals surface area (Å²) >= 11 is 7.70. The number of benzene rings is 2. The number of hydrogen-bond donors (Lipinski definition) is 1. The van der Waals surface area contributed by atoms with Crippen molar-refractivity contribution >= 4 is 35.2 Å². The molecule has 0 spiro atoms. The van der Waals surface area contributed by atoms with Crippen molar-refractivity contribution in [2.45, 2.75) is 38.6 Å². The Labute approximate surface area is 176 Å². The zero-order chi connectivity index (χ0) is 20.5. The molecule has 2 amide bonds. The molecule has 6 heteroatoms. The third kappa shape index (κ3) is 6.28. The van der Waals surface area contributed by atoms with Gasteiger partial charge in [-0.15, -0.1) is 11.8 Å². The van der Waals surface area contributed by atoms with Crippen molar-refractivity contribution in [3.8, 4) is 0 Å². The first-order chi connectivity index (χ1) is 13.5. The van der Waals surface area contributed by atoms with Gasteiger partial charge in [0, 0.05) is 24.4 Å². The van der Waals surface area contributed by atoms with Crippen LogP contribution in [-0.2, 0) is 21.9 Å². The Morgan fingerprint density at radius 1 is 1.14 bits per heavy atom. The molecule has 0 heterocycles. The second-order valence-electron chi connectivity index (χ2n) is 6.63. The SMILES string of the molecule is CC[C@H](C(=O)NC)N(Cc1ccc(C)cc1)C(=O)CSCc1ccccc1Cl. The van der Waals surface area contributed by atoms with E-state index in [0.29, 0.717) is 29.5 Å². The zero-order valence-electron chi connectivity index (χ0n) is 16.6. The van der Waals surface area contributed by atoms with Crippen LogP contribution in [0, 0.1) is 6.92 Å². The van der Waals surface area contributed by atoms with Crippen LogP contribution < -0.4 is 5.32 Å². The number of thioether (sulfide) groups is 1. The maximum absolute atomic E-state index is 13.0. The minimum absolute atomic E-state index is 0.0481. The maximum Gasteiger partial charge on any atom is 0.242 e. The highest BCUT2D eigenvalue weighted by Gasteiger charge is 2.27. The van der Waals surface area contributed by atoms with E-state index in [1.165, 1.54) is 11.8 Å². The van der Waals surface area contributed by atoms with Gasteiger partial charge in [0.1, 0.15) is 6.04 Å². The Kier molecular flexibility index (Phi) is 8.87. The topological polar surface area (TPSA) is 49.4 Å². The molecule has 0 radical (unpaired) electrons. The predicted molar refractivity (Wildman–Crippen MR) is 117 cm³/mol. The van der Waals surface area contributed by atoms with Crippen LogP contribution in [0.5, 0.6) is 0 Å². The highest BCUT2D eigenvalue weighted by atomic mass is 35.5. The number of amides is 2. The van der Waals surface area contributed by atoms with E-state index in [-0.39, 0.29) is 11.8 Å². The summed E-state index contributed by atoms with van der Waals surface area (Å²) in [5, 5.41) is 3.38. The number of carbonyl (C=O) groups is 2. The van der Waals surface area contributed by atoms with Crippen LogP contribution in [0.4, 0.5) is 0 Å². The summed E-state index contributed by atoms with van der Waals surface area (Å²) in [6, 6.07) is 15.2. The molecule has 1 N–H and O–H groups in total. The minimum Gasteiger partial charge on any atom is -0.357 e. The molecule has 0 aliphatic rings. The lowest BCUT2D eigenvalue weighted by Crippen LogP contribution is -2.48. The predicted octanol–water partition coefficient (Wildman–Crippen LogP) is 4.44. The van der Waals surface area contributed by atoms with Crippen molar-refractivity contribution in [3.63, 3.8) is 0 Å². The molecule has 0 saturated carbocycles. The van der Waals surface area contributed by atoms with Crippen LogP contribution in [-0.4, -0.2) is 35.6 Å². The van der Waals surface area contributed by atoms with E-state index in [9.17, 15) is 9.59 Å². The summed E-state index contributed by atoms with van der Waals surface area (Å²) in [6.07, 6.45) is 0.562. The van der Waals surface area contributed by atoms with Crippen LogP contribution in [0.25, 0.3) is 0 Å². The second kappa shape index (κ2) is 11.1. The van der Waals surface area contributed by atoms with Gasteiger partial charge in [-0.05, 0) is 30.5 Å². The van der Waals surface area contributed by atoms with Crippen LogP contribution in [0.2, 0.25) is 5.02 Å². The normalized spacial score (nSPS) is 11.7. The summed E-state index contributed by atoms with van der Waals surface area (Å²) in [5.74, 6) is 0.762. The molecule has 2 aromatic rings. The number of aryl methyl sites for hydroxylation is 1. The molecular formula is C22H27ClN2O2S. The molecule has 0 fully saturated rings. The molecule has 28 heavy (non-hydrogen) atoms. The van der Waals surface area contributed by atoms with Gasteiger partial charge >= 0.3 is 0 Å². The van der Waals surface area contributed by atoms with E-state index < -0.39 is 6.04 Å². The van der Waals surface area contributed by atoms with Gasteiger partial charge in [0.2, 0.25) is 11.8 Å². The van der Waals surface area contributed by atoms with Gasteiger partial charge in [0.25, 0.3) is 0 Å². The molecule has 4 nitrogen and oxygen atoms in total. The summed E-state index contributed by atoms with van der Waals surface area (Å²) in [4.78, 5) is 27.0. The van der Waals surface area contributed by atoms with Crippen molar-refractivity contribution in [2.75, 3.05) is 12.8 Å². The average Bonchev–Trinajstić information content (AvgIpc) is 2.70. The third-order valence-corrected chi connectivity index (χ3v) is 5.88. The number of rotatable bonds is 9. The molecule has 150 valence electrons. The minimum atomic E-state index is -0.486. The maximum atomic E-state index is 13.0. The summed E-state index contributed by atoms with van der Waals surface area (Å²) < 4.78 is 0. The monoisotopic (exact) mass is 418 g/mol. The van der Waals surface area contributed by atoms with Crippen molar-refractivity contribution in [1.29, 1.82) is 0 Å². The number of nitrogens with zero attached hydrogens (tertiary/aromatic N) is 1. The summed E-state index contributed by atoms with van der Waals surface area (Å²) in [6.45, 7) is 4.36. The molecule has 0 aliphatic carbocycles. The van der Waals surface area contributed by atoms with E-state index in [1.807, 2.05) is 62.4 Å². The highest BCUT2D eigenvalue weighted by molar-refractivity contribution is 7.99. The van der Waals surface area contributed by atoms with Gasteiger partial charge < -0.3 is 10.2 Å². The second-order valence-corrected chi connectivity index (χ2v) is 8.02. The lowest BCUT2D eigenvalue weighted by Gasteiger charge is -2.30. The van der Waals surface area contributed by atoms with E-state index >= 15 is 0 Å². The van der Waals surface area contributed by atoms with E-state index in [0.717, 1.165) is 16.7 Å². The van der Waals surface area contributed by atoms with Gasteiger partial charge in [0.15, 0.2) is 0 Å². The van der Waals surface area contributed by atoms with Crippen molar-refractivity contribution in [2.24, 2.45) is 0 Å². The molecule has 1 atom stereocenters. The number of halogens is 1. The van der Waals surface area contributed by atoms with E-state index in [2.05, 4.69) is 5.32 Å².